The van der Waals surface area contributed by atoms with Gasteiger partial charge in [-0.1, -0.05) is 13.8 Å². The van der Waals surface area contributed by atoms with Crippen LogP contribution in [-0.4, -0.2) is 27.0 Å². The van der Waals surface area contributed by atoms with Gasteiger partial charge in [-0.3, -0.25) is 0 Å². The highest BCUT2D eigenvalue weighted by atomic mass is 32.2. The summed E-state index contributed by atoms with van der Waals surface area (Å²) in [6.45, 7) is 4.31. The molecule has 0 aromatic heterocycles. The first-order chi connectivity index (χ1) is 8.43. The van der Waals surface area contributed by atoms with E-state index >= 15 is 0 Å². The van der Waals surface area contributed by atoms with Crippen molar-refractivity contribution in [3.63, 3.8) is 0 Å². The zero-order valence-corrected chi connectivity index (χ0v) is 12.0. The van der Waals surface area contributed by atoms with E-state index in [0.29, 0.717) is 13.0 Å². The average Bonchev–Trinajstić information content (AvgIpc) is 2.53. The van der Waals surface area contributed by atoms with Crippen molar-refractivity contribution in [2.45, 2.75) is 45.0 Å². The fourth-order valence-corrected chi connectivity index (χ4v) is 3.35. The van der Waals surface area contributed by atoms with Crippen LogP contribution in [0.5, 0.6) is 0 Å². The zero-order valence-electron chi connectivity index (χ0n) is 11.2. The summed E-state index contributed by atoms with van der Waals surface area (Å²) in [4.78, 5) is 0. The minimum atomic E-state index is -5.25. The molecule has 0 unspecified atom stereocenters. The SMILES string of the molecule is CC1(C)CC[C@](CN)(CCNS(=O)(=O)C(F)(F)F)C1. The molecule has 1 aliphatic rings. The van der Waals surface area contributed by atoms with Gasteiger partial charge in [-0.2, -0.15) is 13.2 Å². The molecule has 1 saturated carbocycles. The lowest BCUT2D eigenvalue weighted by atomic mass is 9.79. The van der Waals surface area contributed by atoms with Gasteiger partial charge >= 0.3 is 15.5 Å². The first-order valence-electron chi connectivity index (χ1n) is 6.19. The molecule has 0 saturated heterocycles. The van der Waals surface area contributed by atoms with Crippen LogP contribution in [0.4, 0.5) is 13.2 Å². The van der Waals surface area contributed by atoms with Crippen LogP contribution in [-0.2, 0) is 10.0 Å². The van der Waals surface area contributed by atoms with E-state index in [4.69, 9.17) is 5.73 Å². The first kappa shape index (κ1) is 16.7. The summed E-state index contributed by atoms with van der Waals surface area (Å²) < 4.78 is 59.8. The lowest BCUT2D eigenvalue weighted by Gasteiger charge is -2.29. The van der Waals surface area contributed by atoms with Gasteiger partial charge in [0.2, 0.25) is 0 Å². The van der Waals surface area contributed by atoms with E-state index in [1.165, 1.54) is 0 Å². The van der Waals surface area contributed by atoms with E-state index in [9.17, 15) is 21.6 Å². The fourth-order valence-electron chi connectivity index (χ4n) is 2.82. The Morgan fingerprint density at radius 1 is 1.26 bits per heavy atom. The predicted molar refractivity (Wildman–Crippen MR) is 66.7 cm³/mol. The summed E-state index contributed by atoms with van der Waals surface area (Å²) in [6, 6.07) is 0. The third kappa shape index (κ3) is 4.06. The number of hydrogen-bond donors (Lipinski definition) is 2. The average molecular weight is 302 g/mol. The van der Waals surface area contributed by atoms with Crippen LogP contribution in [0.1, 0.15) is 39.5 Å². The number of hydrogen-bond acceptors (Lipinski definition) is 3. The molecule has 0 bridgehead atoms. The molecule has 8 heteroatoms. The third-order valence-electron chi connectivity index (χ3n) is 3.87. The van der Waals surface area contributed by atoms with Crippen LogP contribution >= 0.6 is 0 Å². The van der Waals surface area contributed by atoms with Crippen LogP contribution in [0, 0.1) is 10.8 Å². The van der Waals surface area contributed by atoms with Crippen LogP contribution in [0.15, 0.2) is 0 Å². The molecule has 1 atom stereocenters. The Bertz CT molecular complexity index is 420. The Kier molecular flexibility index (Phi) is 4.59. The van der Waals surface area contributed by atoms with Crippen molar-refractivity contribution in [2.75, 3.05) is 13.1 Å². The molecule has 0 aromatic rings. The minimum Gasteiger partial charge on any atom is -0.330 e. The van der Waals surface area contributed by atoms with Gasteiger partial charge in [-0.05, 0) is 43.1 Å². The van der Waals surface area contributed by atoms with Gasteiger partial charge in [-0.15, -0.1) is 0 Å². The quantitative estimate of drug-likeness (QED) is 0.815. The molecule has 3 N–H and O–H groups in total. The van der Waals surface area contributed by atoms with Gasteiger partial charge in [0.05, 0.1) is 0 Å². The maximum atomic E-state index is 12.2. The number of sulfonamides is 1. The summed E-state index contributed by atoms with van der Waals surface area (Å²) in [6.07, 6.45) is 2.92. The molecular weight excluding hydrogens is 281 g/mol. The summed E-state index contributed by atoms with van der Waals surface area (Å²) >= 11 is 0. The number of nitrogens with one attached hydrogen (secondary N) is 1. The molecule has 1 rings (SSSR count). The van der Waals surface area contributed by atoms with Crippen LogP contribution in [0.25, 0.3) is 0 Å². The van der Waals surface area contributed by atoms with E-state index in [-0.39, 0.29) is 17.4 Å². The highest BCUT2D eigenvalue weighted by Crippen LogP contribution is 2.50. The highest BCUT2D eigenvalue weighted by Gasteiger charge is 2.46. The topological polar surface area (TPSA) is 72.2 Å². The van der Waals surface area contributed by atoms with Gasteiger partial charge in [0.15, 0.2) is 0 Å². The van der Waals surface area contributed by atoms with Crippen molar-refractivity contribution >= 4 is 10.0 Å². The fraction of sp³-hybridized carbons (Fsp3) is 1.00. The second-order valence-corrected chi connectivity index (χ2v) is 7.90. The lowest BCUT2D eigenvalue weighted by Crippen LogP contribution is -2.39. The predicted octanol–water partition coefficient (Wildman–Crippen LogP) is 1.97. The molecule has 0 radical (unpaired) electrons. The van der Waals surface area contributed by atoms with Crippen molar-refractivity contribution in [1.29, 1.82) is 0 Å². The molecular formula is C11H21F3N2O2S. The summed E-state index contributed by atoms with van der Waals surface area (Å²) in [7, 11) is -5.24. The van der Waals surface area contributed by atoms with Gasteiger partial charge in [0.25, 0.3) is 0 Å². The van der Waals surface area contributed by atoms with Crippen molar-refractivity contribution in [3.8, 4) is 0 Å². The molecule has 114 valence electrons. The molecule has 4 nitrogen and oxygen atoms in total. The number of alkyl halides is 3. The molecule has 0 amide bonds. The van der Waals surface area contributed by atoms with Crippen molar-refractivity contribution in [3.05, 3.63) is 0 Å². The molecule has 1 aliphatic carbocycles. The molecule has 1 fully saturated rings. The van der Waals surface area contributed by atoms with E-state index in [2.05, 4.69) is 13.8 Å². The minimum absolute atomic E-state index is 0.113. The largest absolute Gasteiger partial charge is 0.511 e. The van der Waals surface area contributed by atoms with Gasteiger partial charge in [0, 0.05) is 6.54 Å². The summed E-state index contributed by atoms with van der Waals surface area (Å²) in [5, 5.41) is 0. The van der Waals surface area contributed by atoms with E-state index in [0.717, 1.165) is 19.3 Å². The molecule has 0 aromatic carbocycles. The lowest BCUT2D eigenvalue weighted by molar-refractivity contribution is -0.0448. The van der Waals surface area contributed by atoms with E-state index in [1.807, 2.05) is 0 Å². The molecule has 0 heterocycles. The molecule has 19 heavy (non-hydrogen) atoms. The Morgan fingerprint density at radius 3 is 2.21 bits per heavy atom. The van der Waals surface area contributed by atoms with Crippen molar-refractivity contribution in [1.82, 2.24) is 4.72 Å². The first-order valence-corrected chi connectivity index (χ1v) is 7.67. The van der Waals surface area contributed by atoms with E-state index < -0.39 is 15.5 Å². The number of nitrogens with two attached hydrogens (primary N) is 1. The Hall–Kier alpha value is -0.340. The number of rotatable bonds is 5. The third-order valence-corrected chi connectivity index (χ3v) is 5.06. The van der Waals surface area contributed by atoms with E-state index in [1.54, 1.807) is 4.72 Å². The number of halogens is 3. The normalized spacial score (nSPS) is 27.7. The second-order valence-electron chi connectivity index (χ2n) is 6.14. The van der Waals surface area contributed by atoms with Gasteiger partial charge in [-0.25, -0.2) is 13.1 Å². The van der Waals surface area contributed by atoms with Crippen LogP contribution in [0.2, 0.25) is 0 Å². The summed E-state index contributed by atoms with van der Waals surface area (Å²) in [5.74, 6) is 0. The Balaban J connectivity index is 2.58. The second kappa shape index (κ2) is 5.21. The van der Waals surface area contributed by atoms with Crippen LogP contribution in [0.3, 0.4) is 0 Å². The molecule has 0 spiro atoms. The maximum absolute atomic E-state index is 12.2. The monoisotopic (exact) mass is 302 g/mol. The highest BCUT2D eigenvalue weighted by molar-refractivity contribution is 7.90. The zero-order chi connectivity index (χ0) is 14.9. The van der Waals surface area contributed by atoms with Crippen LogP contribution < -0.4 is 10.5 Å². The standard InChI is InChI=1S/C11H21F3N2O2S/c1-9(2)3-4-10(7-9,8-15)5-6-16-19(17,18)11(12,13)14/h16H,3-8,15H2,1-2H3/t10-/m0/s1. The Morgan fingerprint density at radius 2 is 1.84 bits per heavy atom. The Labute approximate surface area is 112 Å². The van der Waals surface area contributed by atoms with Crippen molar-refractivity contribution in [2.24, 2.45) is 16.6 Å². The summed E-state index contributed by atoms with van der Waals surface area (Å²) in [5.41, 5.74) is 0.335. The smallest absolute Gasteiger partial charge is 0.330 e. The van der Waals surface area contributed by atoms with Gasteiger partial charge in [0.1, 0.15) is 0 Å². The molecule has 0 aliphatic heterocycles. The van der Waals surface area contributed by atoms with Crippen molar-refractivity contribution < 1.29 is 21.6 Å². The van der Waals surface area contributed by atoms with Gasteiger partial charge < -0.3 is 5.73 Å². The maximum Gasteiger partial charge on any atom is 0.511 e.